The molecule has 0 spiro atoms. The summed E-state index contributed by atoms with van der Waals surface area (Å²) in [5.74, 6) is 0.172. The van der Waals surface area contributed by atoms with Crippen LogP contribution in [0.15, 0.2) is 29.6 Å². The van der Waals surface area contributed by atoms with Crippen molar-refractivity contribution in [2.45, 2.75) is 19.9 Å². The average molecular weight is 350 g/mol. The number of carbonyl (C=O) groups excluding carboxylic acids is 1. The van der Waals surface area contributed by atoms with Crippen LogP contribution >= 0.6 is 22.9 Å². The molecule has 1 fully saturated rings. The zero-order chi connectivity index (χ0) is 16.2. The number of rotatable bonds is 3. The Morgan fingerprint density at radius 2 is 2.00 bits per heavy atom. The van der Waals surface area contributed by atoms with E-state index >= 15 is 0 Å². The maximum absolute atomic E-state index is 11.5. The van der Waals surface area contributed by atoms with Crippen molar-refractivity contribution in [1.29, 1.82) is 0 Å². The highest BCUT2D eigenvalue weighted by molar-refractivity contribution is 7.13. The van der Waals surface area contributed by atoms with E-state index in [2.05, 4.69) is 10.3 Å². The topological polar surface area (TPSA) is 36.4 Å². The van der Waals surface area contributed by atoms with Crippen molar-refractivity contribution in [2.75, 3.05) is 26.2 Å². The van der Waals surface area contributed by atoms with Gasteiger partial charge in [0.25, 0.3) is 0 Å². The Morgan fingerprint density at radius 1 is 1.22 bits per heavy atom. The van der Waals surface area contributed by atoms with Gasteiger partial charge in [-0.25, -0.2) is 4.98 Å². The number of thiazole rings is 1. The highest BCUT2D eigenvalue weighted by atomic mass is 35.5. The maximum Gasteiger partial charge on any atom is 0.219 e. The molecule has 6 heteroatoms. The first kappa shape index (κ1) is 16.4. The Bertz CT molecular complexity index is 671. The number of amides is 1. The molecule has 0 unspecified atom stereocenters. The Labute approximate surface area is 145 Å². The summed E-state index contributed by atoms with van der Waals surface area (Å²) < 4.78 is 0. The number of hydrogen-bond acceptors (Lipinski definition) is 4. The molecule has 4 nitrogen and oxygen atoms in total. The minimum absolute atomic E-state index is 0.172. The predicted octanol–water partition coefficient (Wildman–Crippen LogP) is 3.52. The Hall–Kier alpha value is -1.43. The molecule has 0 bridgehead atoms. The molecular formula is C17H20ClN3OS. The lowest BCUT2D eigenvalue weighted by Gasteiger charge is -2.20. The van der Waals surface area contributed by atoms with E-state index in [0.717, 1.165) is 60.4 Å². The number of benzene rings is 1. The molecule has 23 heavy (non-hydrogen) atoms. The first-order valence-corrected chi connectivity index (χ1v) is 9.06. The summed E-state index contributed by atoms with van der Waals surface area (Å²) in [6, 6.07) is 7.79. The fraction of sp³-hybridized carbons (Fsp3) is 0.412. The standard InChI is InChI=1S/C17H20ClN3OS/c1-13(22)21-8-2-7-20(9-10-21)11-16-12-23-17(19-16)14-3-5-15(18)6-4-14/h3-6,12H,2,7-11H2,1H3. The molecule has 0 atom stereocenters. The van der Waals surface area contributed by atoms with Crippen LogP contribution in [0.3, 0.4) is 0 Å². The van der Waals surface area contributed by atoms with E-state index in [-0.39, 0.29) is 5.91 Å². The molecule has 0 saturated carbocycles. The van der Waals surface area contributed by atoms with Crippen molar-refractivity contribution < 1.29 is 4.79 Å². The SMILES string of the molecule is CC(=O)N1CCCN(Cc2csc(-c3ccc(Cl)cc3)n2)CC1. The van der Waals surface area contributed by atoms with Crippen LogP contribution in [0.5, 0.6) is 0 Å². The van der Waals surface area contributed by atoms with Crippen LogP contribution in [0.2, 0.25) is 5.02 Å². The Kier molecular flexibility index (Phi) is 5.30. The normalized spacial score (nSPS) is 16.3. The summed E-state index contributed by atoms with van der Waals surface area (Å²) in [6.45, 7) is 6.08. The van der Waals surface area contributed by atoms with Crippen LogP contribution < -0.4 is 0 Å². The molecule has 1 aliphatic heterocycles. The molecule has 2 heterocycles. The zero-order valence-electron chi connectivity index (χ0n) is 13.2. The lowest BCUT2D eigenvalue weighted by Crippen LogP contribution is -2.33. The molecule has 1 aliphatic rings. The molecule has 2 aromatic rings. The van der Waals surface area contributed by atoms with E-state index in [9.17, 15) is 4.79 Å². The molecule has 1 saturated heterocycles. The molecular weight excluding hydrogens is 330 g/mol. The smallest absolute Gasteiger partial charge is 0.219 e. The van der Waals surface area contributed by atoms with Gasteiger partial charge in [-0.2, -0.15) is 0 Å². The van der Waals surface area contributed by atoms with Gasteiger partial charge < -0.3 is 4.90 Å². The van der Waals surface area contributed by atoms with Crippen LogP contribution in [0.4, 0.5) is 0 Å². The van der Waals surface area contributed by atoms with Crippen molar-refractivity contribution in [3.05, 3.63) is 40.4 Å². The van der Waals surface area contributed by atoms with Crippen molar-refractivity contribution in [1.82, 2.24) is 14.8 Å². The maximum atomic E-state index is 11.5. The molecule has 1 aromatic carbocycles. The van der Waals surface area contributed by atoms with Crippen molar-refractivity contribution >= 4 is 28.8 Å². The molecule has 0 aliphatic carbocycles. The second kappa shape index (κ2) is 7.43. The zero-order valence-corrected chi connectivity index (χ0v) is 14.7. The van der Waals surface area contributed by atoms with E-state index < -0.39 is 0 Å². The Morgan fingerprint density at radius 3 is 2.74 bits per heavy atom. The predicted molar refractivity (Wildman–Crippen MR) is 94.7 cm³/mol. The van der Waals surface area contributed by atoms with E-state index in [1.165, 1.54) is 0 Å². The van der Waals surface area contributed by atoms with Gasteiger partial charge in [0.1, 0.15) is 5.01 Å². The summed E-state index contributed by atoms with van der Waals surface area (Å²) in [5, 5.41) is 3.89. The second-order valence-corrected chi connectivity index (χ2v) is 7.08. The Balaban J connectivity index is 1.62. The van der Waals surface area contributed by atoms with Crippen LogP contribution in [-0.4, -0.2) is 46.9 Å². The number of carbonyl (C=O) groups is 1. The van der Waals surface area contributed by atoms with Gasteiger partial charge in [-0.15, -0.1) is 11.3 Å². The summed E-state index contributed by atoms with van der Waals surface area (Å²) in [4.78, 5) is 20.5. The summed E-state index contributed by atoms with van der Waals surface area (Å²) in [7, 11) is 0. The van der Waals surface area contributed by atoms with Crippen LogP contribution in [0.1, 0.15) is 19.0 Å². The van der Waals surface area contributed by atoms with Crippen molar-refractivity contribution in [3.8, 4) is 10.6 Å². The van der Waals surface area contributed by atoms with E-state index in [4.69, 9.17) is 16.6 Å². The largest absolute Gasteiger partial charge is 0.342 e. The number of hydrogen-bond donors (Lipinski definition) is 0. The average Bonchev–Trinajstić information content (AvgIpc) is 2.86. The third-order valence-corrected chi connectivity index (χ3v) is 5.25. The van der Waals surface area contributed by atoms with E-state index in [1.807, 2.05) is 29.2 Å². The summed E-state index contributed by atoms with van der Waals surface area (Å²) in [5.41, 5.74) is 2.19. The first-order chi connectivity index (χ1) is 11.1. The number of nitrogens with zero attached hydrogens (tertiary/aromatic N) is 3. The van der Waals surface area contributed by atoms with Gasteiger partial charge in [0.05, 0.1) is 5.69 Å². The van der Waals surface area contributed by atoms with Gasteiger partial charge >= 0.3 is 0 Å². The lowest BCUT2D eigenvalue weighted by molar-refractivity contribution is -0.128. The minimum Gasteiger partial charge on any atom is -0.342 e. The third-order valence-electron chi connectivity index (χ3n) is 4.06. The van der Waals surface area contributed by atoms with Crippen LogP contribution in [-0.2, 0) is 11.3 Å². The molecule has 0 N–H and O–H groups in total. The van der Waals surface area contributed by atoms with Gasteiger partial charge in [-0.3, -0.25) is 9.69 Å². The van der Waals surface area contributed by atoms with Crippen molar-refractivity contribution in [3.63, 3.8) is 0 Å². The monoisotopic (exact) mass is 349 g/mol. The number of halogens is 1. The molecule has 1 amide bonds. The van der Waals surface area contributed by atoms with Crippen LogP contribution in [0, 0.1) is 0 Å². The van der Waals surface area contributed by atoms with Gasteiger partial charge in [-0.1, -0.05) is 23.7 Å². The van der Waals surface area contributed by atoms with E-state index in [1.54, 1.807) is 18.3 Å². The summed E-state index contributed by atoms with van der Waals surface area (Å²) in [6.07, 6.45) is 1.02. The quantitative estimate of drug-likeness (QED) is 0.850. The van der Waals surface area contributed by atoms with Crippen molar-refractivity contribution in [2.24, 2.45) is 0 Å². The summed E-state index contributed by atoms with van der Waals surface area (Å²) >= 11 is 7.59. The van der Waals surface area contributed by atoms with Gasteiger partial charge in [0.15, 0.2) is 0 Å². The van der Waals surface area contributed by atoms with Gasteiger partial charge in [0, 0.05) is 55.6 Å². The second-order valence-electron chi connectivity index (χ2n) is 5.79. The van der Waals surface area contributed by atoms with Crippen LogP contribution in [0.25, 0.3) is 10.6 Å². The van der Waals surface area contributed by atoms with Gasteiger partial charge in [-0.05, 0) is 18.6 Å². The fourth-order valence-electron chi connectivity index (χ4n) is 2.78. The lowest BCUT2D eigenvalue weighted by atomic mass is 10.2. The molecule has 122 valence electrons. The highest BCUT2D eigenvalue weighted by Gasteiger charge is 2.17. The highest BCUT2D eigenvalue weighted by Crippen LogP contribution is 2.25. The van der Waals surface area contributed by atoms with E-state index in [0.29, 0.717) is 0 Å². The molecule has 1 aromatic heterocycles. The minimum atomic E-state index is 0.172. The fourth-order valence-corrected chi connectivity index (χ4v) is 3.72. The first-order valence-electron chi connectivity index (χ1n) is 7.80. The number of aromatic nitrogens is 1. The van der Waals surface area contributed by atoms with Gasteiger partial charge in [0.2, 0.25) is 5.91 Å². The molecule has 0 radical (unpaired) electrons. The molecule has 3 rings (SSSR count). The third kappa shape index (κ3) is 4.31.